The maximum atomic E-state index is 11.8. The topological polar surface area (TPSA) is 84.1 Å². The Bertz CT molecular complexity index is 787. The number of aromatic nitrogens is 4. The third kappa shape index (κ3) is 3.38. The van der Waals surface area contributed by atoms with Gasteiger partial charge in [0.15, 0.2) is 0 Å². The lowest BCUT2D eigenvalue weighted by atomic mass is 9.41. The first-order valence-electron chi connectivity index (χ1n) is 13.4. The molecule has 0 spiro atoms. The van der Waals surface area contributed by atoms with Crippen molar-refractivity contribution < 1.29 is 10.2 Å². The van der Waals surface area contributed by atoms with Gasteiger partial charge in [-0.1, -0.05) is 34.1 Å². The van der Waals surface area contributed by atoms with Gasteiger partial charge in [0.25, 0.3) is 0 Å². The van der Waals surface area contributed by atoms with Crippen LogP contribution in [0.15, 0.2) is 6.33 Å². The number of nitrogens with zero attached hydrogens (tertiary/aromatic N) is 4. The molecule has 4 fully saturated rings. The molecule has 4 aliphatic rings. The van der Waals surface area contributed by atoms with E-state index in [4.69, 9.17) is 0 Å². The van der Waals surface area contributed by atoms with Gasteiger partial charge in [-0.15, -0.1) is 5.10 Å². The predicted octanol–water partition coefficient (Wildman–Crippen LogP) is 4.33. The summed E-state index contributed by atoms with van der Waals surface area (Å²) in [6, 6.07) is 0. The number of fused-ring (bicyclic) bond motifs is 5. The van der Waals surface area contributed by atoms with Crippen molar-refractivity contribution in [1.82, 2.24) is 20.2 Å². The summed E-state index contributed by atoms with van der Waals surface area (Å²) in [5, 5.41) is 33.9. The molecule has 0 radical (unpaired) electrons. The number of aliphatic hydroxyl groups excluding tert-OH is 2. The minimum atomic E-state index is -0.201. The average Bonchev–Trinajstić information content (AvgIpc) is 3.41. The second-order valence-corrected chi connectivity index (χ2v) is 12.5. The zero-order chi connectivity index (χ0) is 22.7. The highest BCUT2D eigenvalue weighted by molar-refractivity contribution is 5.13. The van der Waals surface area contributed by atoms with Crippen molar-refractivity contribution in [2.24, 2.45) is 52.3 Å². The number of rotatable bonds is 5. The van der Waals surface area contributed by atoms with Crippen LogP contribution < -0.4 is 0 Å². The molecule has 0 amide bonds. The molecule has 1 heterocycles. The molecule has 1 aromatic rings. The molecule has 0 saturated heterocycles. The van der Waals surface area contributed by atoms with E-state index in [0.29, 0.717) is 40.9 Å². The fourth-order valence-corrected chi connectivity index (χ4v) is 9.75. The van der Waals surface area contributed by atoms with E-state index in [-0.39, 0.29) is 17.6 Å². The standard InChI is InChI=1S/C26H44N4O2/c1-5-18-22-14-17(31)8-11-26(22,4)21-9-12-25(3)19(6-7-20(25)23(21)24(18)32)16(2)10-13-30-15-27-28-29-30/h15-24,31-32H,5-14H2,1-4H3/t16-,17-,18-,19-,20?,21?,22+,23?,24?,25-,26-/m1/s1. The molecule has 2 N–H and O–H groups in total. The molecule has 0 aliphatic heterocycles. The van der Waals surface area contributed by atoms with Crippen molar-refractivity contribution in [2.45, 2.75) is 104 Å². The lowest BCUT2D eigenvalue weighted by Gasteiger charge is -2.64. The third-order valence-corrected chi connectivity index (χ3v) is 11.4. The highest BCUT2D eigenvalue weighted by Gasteiger charge is 2.64. The second-order valence-electron chi connectivity index (χ2n) is 12.5. The summed E-state index contributed by atoms with van der Waals surface area (Å²) in [5.41, 5.74) is 0.618. The van der Waals surface area contributed by atoms with Crippen LogP contribution >= 0.6 is 0 Å². The Morgan fingerprint density at radius 1 is 1.03 bits per heavy atom. The molecular formula is C26H44N4O2. The van der Waals surface area contributed by atoms with Crippen molar-refractivity contribution in [2.75, 3.05) is 0 Å². The van der Waals surface area contributed by atoms with Crippen LogP contribution in [0.25, 0.3) is 0 Å². The van der Waals surface area contributed by atoms with Crippen LogP contribution in [0.4, 0.5) is 0 Å². The summed E-state index contributed by atoms with van der Waals surface area (Å²) in [4.78, 5) is 0. The van der Waals surface area contributed by atoms with Gasteiger partial charge < -0.3 is 10.2 Å². The van der Waals surface area contributed by atoms with E-state index in [2.05, 4.69) is 43.2 Å². The summed E-state index contributed by atoms with van der Waals surface area (Å²) in [7, 11) is 0. The van der Waals surface area contributed by atoms with Crippen LogP contribution in [0.5, 0.6) is 0 Å². The average molecular weight is 445 g/mol. The lowest BCUT2D eigenvalue weighted by Crippen LogP contribution is -2.62. The van der Waals surface area contributed by atoms with E-state index in [1.807, 2.05) is 4.68 Å². The molecular weight excluding hydrogens is 400 g/mol. The van der Waals surface area contributed by atoms with Gasteiger partial charge in [0.1, 0.15) is 6.33 Å². The van der Waals surface area contributed by atoms with Gasteiger partial charge in [-0.2, -0.15) is 0 Å². The highest BCUT2D eigenvalue weighted by atomic mass is 16.3. The van der Waals surface area contributed by atoms with E-state index in [0.717, 1.165) is 44.6 Å². The molecule has 6 nitrogen and oxygen atoms in total. The first-order valence-corrected chi connectivity index (χ1v) is 13.4. The maximum Gasteiger partial charge on any atom is 0.138 e. The van der Waals surface area contributed by atoms with E-state index < -0.39 is 0 Å². The molecule has 32 heavy (non-hydrogen) atoms. The Hall–Kier alpha value is -1.01. The SMILES string of the molecule is CC[C@H]1C(O)C2C3CC[C@H]([C@H](C)CCn4cnnn4)[C@@]3(C)CCC2[C@@]2(C)CC[C@@H](O)C[C@@H]12. The van der Waals surface area contributed by atoms with Crippen LogP contribution in [0, 0.1) is 52.3 Å². The quantitative estimate of drug-likeness (QED) is 0.706. The minimum absolute atomic E-state index is 0.170. The number of aliphatic hydroxyl groups is 2. The number of hydrogen-bond donors (Lipinski definition) is 2. The zero-order valence-electron chi connectivity index (χ0n) is 20.5. The Morgan fingerprint density at radius 2 is 1.78 bits per heavy atom. The van der Waals surface area contributed by atoms with Gasteiger partial charge in [0.05, 0.1) is 12.2 Å². The normalized spacial score (nSPS) is 49.2. The summed E-state index contributed by atoms with van der Waals surface area (Å²) >= 11 is 0. The van der Waals surface area contributed by atoms with Gasteiger partial charge in [-0.3, -0.25) is 0 Å². The summed E-state index contributed by atoms with van der Waals surface area (Å²) in [6.07, 6.45) is 11.6. The number of tetrazole rings is 1. The Balaban J connectivity index is 1.38. The molecule has 4 aliphatic carbocycles. The Morgan fingerprint density at radius 3 is 2.50 bits per heavy atom. The third-order valence-electron chi connectivity index (χ3n) is 11.4. The van der Waals surface area contributed by atoms with Crippen LogP contribution in [-0.2, 0) is 6.54 Å². The molecule has 180 valence electrons. The fourth-order valence-electron chi connectivity index (χ4n) is 9.75. The Kier molecular flexibility index (Phi) is 5.93. The van der Waals surface area contributed by atoms with Crippen LogP contribution in [0.2, 0.25) is 0 Å². The number of hydrogen-bond acceptors (Lipinski definition) is 5. The van der Waals surface area contributed by atoms with Crippen LogP contribution in [0.1, 0.15) is 85.5 Å². The molecule has 6 heteroatoms. The molecule has 5 rings (SSSR count). The number of aryl methyl sites for hydroxylation is 1. The van der Waals surface area contributed by atoms with Crippen LogP contribution in [0.3, 0.4) is 0 Å². The highest BCUT2D eigenvalue weighted by Crippen LogP contribution is 2.69. The molecule has 11 atom stereocenters. The molecule has 1 aromatic heterocycles. The molecule has 4 saturated carbocycles. The van der Waals surface area contributed by atoms with E-state index >= 15 is 0 Å². The minimum Gasteiger partial charge on any atom is -0.393 e. The summed E-state index contributed by atoms with van der Waals surface area (Å²) in [6.45, 7) is 10.7. The fraction of sp³-hybridized carbons (Fsp3) is 0.962. The molecule has 0 bridgehead atoms. The van der Waals surface area contributed by atoms with Crippen molar-refractivity contribution in [3.8, 4) is 0 Å². The van der Waals surface area contributed by atoms with Crippen molar-refractivity contribution in [3.05, 3.63) is 6.33 Å². The van der Waals surface area contributed by atoms with Crippen LogP contribution in [-0.4, -0.2) is 42.6 Å². The monoisotopic (exact) mass is 444 g/mol. The largest absolute Gasteiger partial charge is 0.393 e. The summed E-state index contributed by atoms with van der Waals surface area (Å²) in [5.74, 6) is 3.87. The van der Waals surface area contributed by atoms with Gasteiger partial charge in [0.2, 0.25) is 0 Å². The molecule has 4 unspecified atom stereocenters. The predicted molar refractivity (Wildman–Crippen MR) is 123 cm³/mol. The first-order chi connectivity index (χ1) is 15.3. The Labute approximate surface area is 193 Å². The second kappa shape index (κ2) is 8.33. The van der Waals surface area contributed by atoms with Gasteiger partial charge in [-0.05, 0) is 114 Å². The van der Waals surface area contributed by atoms with Gasteiger partial charge in [-0.25, -0.2) is 4.68 Å². The van der Waals surface area contributed by atoms with Gasteiger partial charge >= 0.3 is 0 Å². The van der Waals surface area contributed by atoms with E-state index in [9.17, 15) is 10.2 Å². The van der Waals surface area contributed by atoms with E-state index in [1.54, 1.807) is 6.33 Å². The van der Waals surface area contributed by atoms with E-state index in [1.165, 1.54) is 25.7 Å². The molecule has 0 aromatic carbocycles. The first kappa shape index (κ1) is 22.8. The maximum absolute atomic E-state index is 11.8. The van der Waals surface area contributed by atoms with Crippen molar-refractivity contribution in [1.29, 1.82) is 0 Å². The van der Waals surface area contributed by atoms with Crippen molar-refractivity contribution >= 4 is 0 Å². The smallest absolute Gasteiger partial charge is 0.138 e. The van der Waals surface area contributed by atoms with Gasteiger partial charge in [0, 0.05) is 6.54 Å². The summed E-state index contributed by atoms with van der Waals surface area (Å²) < 4.78 is 1.86. The van der Waals surface area contributed by atoms with Crippen molar-refractivity contribution in [3.63, 3.8) is 0 Å². The lowest BCUT2D eigenvalue weighted by molar-refractivity contribution is -0.203. The zero-order valence-corrected chi connectivity index (χ0v) is 20.5.